The molecular formula is C18H26O4. The van der Waals surface area contributed by atoms with Crippen LogP contribution in [0.15, 0.2) is 42.5 Å². The van der Waals surface area contributed by atoms with E-state index < -0.39 is 0 Å². The third-order valence-electron chi connectivity index (χ3n) is 3.13. The van der Waals surface area contributed by atoms with Gasteiger partial charge in [0, 0.05) is 6.08 Å². The molecule has 22 heavy (non-hydrogen) atoms. The van der Waals surface area contributed by atoms with E-state index in [0.29, 0.717) is 25.6 Å². The number of carbonyl (C=O) groups excluding carboxylic acids is 1. The lowest BCUT2D eigenvalue weighted by Gasteiger charge is -2.20. The molecule has 1 rings (SSSR count). The van der Waals surface area contributed by atoms with Crippen LogP contribution in [0.3, 0.4) is 0 Å². The van der Waals surface area contributed by atoms with E-state index in [9.17, 15) is 4.79 Å². The second-order valence-corrected chi connectivity index (χ2v) is 5.29. The van der Waals surface area contributed by atoms with Gasteiger partial charge in [0.25, 0.3) is 0 Å². The molecular weight excluding hydrogens is 280 g/mol. The largest absolute Gasteiger partial charge is 0.463 e. The van der Waals surface area contributed by atoms with Crippen molar-refractivity contribution in [1.29, 1.82) is 0 Å². The van der Waals surface area contributed by atoms with Gasteiger partial charge in [0.1, 0.15) is 6.79 Å². The summed E-state index contributed by atoms with van der Waals surface area (Å²) in [6.07, 6.45) is 3.92. The maximum Gasteiger partial charge on any atom is 0.330 e. The van der Waals surface area contributed by atoms with E-state index in [1.807, 2.05) is 30.3 Å². The first-order chi connectivity index (χ1) is 10.6. The molecule has 0 unspecified atom stereocenters. The van der Waals surface area contributed by atoms with E-state index in [2.05, 4.69) is 13.8 Å². The third kappa shape index (κ3) is 7.96. The highest BCUT2D eigenvalue weighted by Crippen LogP contribution is 2.12. The predicted octanol–water partition coefficient (Wildman–Crippen LogP) is 3.71. The minimum absolute atomic E-state index is 0.0152. The van der Waals surface area contributed by atoms with Crippen molar-refractivity contribution in [3.8, 4) is 0 Å². The fourth-order valence-electron chi connectivity index (χ4n) is 1.89. The Morgan fingerprint density at radius 2 is 1.95 bits per heavy atom. The molecule has 0 aromatic heterocycles. The summed E-state index contributed by atoms with van der Waals surface area (Å²) in [5.74, 6) is 0.0255. The van der Waals surface area contributed by atoms with Crippen molar-refractivity contribution in [1.82, 2.24) is 0 Å². The van der Waals surface area contributed by atoms with Gasteiger partial charge < -0.3 is 14.2 Å². The molecule has 1 aromatic rings. The van der Waals surface area contributed by atoms with Crippen LogP contribution in [0.2, 0.25) is 0 Å². The van der Waals surface area contributed by atoms with Gasteiger partial charge in [0.2, 0.25) is 0 Å². The van der Waals surface area contributed by atoms with Gasteiger partial charge >= 0.3 is 5.97 Å². The van der Waals surface area contributed by atoms with Crippen molar-refractivity contribution in [3.05, 3.63) is 48.0 Å². The summed E-state index contributed by atoms with van der Waals surface area (Å²) in [5.41, 5.74) is 1.12. The molecule has 4 nitrogen and oxygen atoms in total. The summed E-state index contributed by atoms with van der Waals surface area (Å²) in [6, 6.07) is 9.97. The first-order valence-corrected chi connectivity index (χ1v) is 7.70. The Hall–Kier alpha value is -1.65. The van der Waals surface area contributed by atoms with E-state index in [-0.39, 0.29) is 18.9 Å². The van der Waals surface area contributed by atoms with Gasteiger partial charge in [0.05, 0.1) is 19.3 Å². The lowest BCUT2D eigenvalue weighted by molar-refractivity contribution is -0.137. The molecule has 0 bridgehead atoms. The molecule has 0 aliphatic rings. The number of hydrogen-bond donors (Lipinski definition) is 0. The second-order valence-electron chi connectivity index (χ2n) is 5.29. The standard InChI is InChI=1S/C18H26O4/c1-4-21-18(19)12-8-11-17(15(2)3)22-14-20-13-16-9-6-5-7-10-16/h5-10,12,15,17H,4,11,13-14H2,1-3H3/b12-8+/t17-/m0/s1. The smallest absolute Gasteiger partial charge is 0.330 e. The highest BCUT2D eigenvalue weighted by molar-refractivity contribution is 5.81. The second kappa shape index (κ2) is 11.0. The van der Waals surface area contributed by atoms with Crippen LogP contribution in [0.25, 0.3) is 0 Å². The Morgan fingerprint density at radius 1 is 1.23 bits per heavy atom. The average Bonchev–Trinajstić information content (AvgIpc) is 2.50. The van der Waals surface area contributed by atoms with Crippen molar-refractivity contribution in [2.75, 3.05) is 13.4 Å². The molecule has 0 amide bonds. The fraction of sp³-hybridized carbons (Fsp3) is 0.500. The molecule has 0 saturated heterocycles. The van der Waals surface area contributed by atoms with Crippen LogP contribution in [0, 0.1) is 5.92 Å². The summed E-state index contributed by atoms with van der Waals surface area (Å²) in [6.45, 7) is 7.12. The number of ether oxygens (including phenoxy) is 3. The number of carbonyl (C=O) groups is 1. The maximum absolute atomic E-state index is 11.2. The summed E-state index contributed by atoms with van der Waals surface area (Å²) in [7, 11) is 0. The van der Waals surface area contributed by atoms with Crippen molar-refractivity contribution >= 4 is 5.97 Å². The van der Waals surface area contributed by atoms with Crippen LogP contribution in [-0.2, 0) is 25.6 Å². The molecule has 4 heteroatoms. The molecule has 0 saturated carbocycles. The normalized spacial score (nSPS) is 12.7. The number of rotatable bonds is 10. The SMILES string of the molecule is CCOC(=O)/C=C/C[C@H](OCOCc1ccccc1)C(C)C. The van der Waals surface area contributed by atoms with Gasteiger partial charge in [-0.05, 0) is 24.8 Å². The van der Waals surface area contributed by atoms with Crippen LogP contribution in [0.4, 0.5) is 0 Å². The Kier molecular flexibility index (Phi) is 9.19. The lowest BCUT2D eigenvalue weighted by atomic mass is 10.0. The summed E-state index contributed by atoms with van der Waals surface area (Å²) in [4.78, 5) is 11.2. The van der Waals surface area contributed by atoms with Gasteiger partial charge in [-0.15, -0.1) is 0 Å². The molecule has 0 spiro atoms. The van der Waals surface area contributed by atoms with E-state index >= 15 is 0 Å². The average molecular weight is 306 g/mol. The van der Waals surface area contributed by atoms with E-state index in [0.717, 1.165) is 5.56 Å². The molecule has 1 atom stereocenters. The molecule has 0 aliphatic heterocycles. The molecule has 0 fully saturated rings. The highest BCUT2D eigenvalue weighted by atomic mass is 16.7. The van der Waals surface area contributed by atoms with Gasteiger partial charge in [-0.2, -0.15) is 0 Å². The van der Waals surface area contributed by atoms with Gasteiger partial charge in [-0.1, -0.05) is 50.3 Å². The summed E-state index contributed by atoms with van der Waals surface area (Å²) < 4.78 is 16.1. The fourth-order valence-corrected chi connectivity index (χ4v) is 1.89. The minimum Gasteiger partial charge on any atom is -0.463 e. The van der Waals surface area contributed by atoms with Gasteiger partial charge in [0.15, 0.2) is 0 Å². The molecule has 0 radical (unpaired) electrons. The van der Waals surface area contributed by atoms with Crippen LogP contribution < -0.4 is 0 Å². The number of esters is 1. The monoisotopic (exact) mass is 306 g/mol. The topological polar surface area (TPSA) is 44.8 Å². The van der Waals surface area contributed by atoms with E-state index in [1.165, 1.54) is 6.08 Å². The highest BCUT2D eigenvalue weighted by Gasteiger charge is 2.12. The van der Waals surface area contributed by atoms with Crippen molar-refractivity contribution in [2.45, 2.75) is 39.9 Å². The van der Waals surface area contributed by atoms with E-state index in [4.69, 9.17) is 14.2 Å². The van der Waals surface area contributed by atoms with Crippen molar-refractivity contribution in [3.63, 3.8) is 0 Å². The summed E-state index contributed by atoms with van der Waals surface area (Å²) in [5, 5.41) is 0. The number of hydrogen-bond acceptors (Lipinski definition) is 4. The molecule has 0 heterocycles. The third-order valence-corrected chi connectivity index (χ3v) is 3.13. The minimum atomic E-state index is -0.315. The number of benzene rings is 1. The van der Waals surface area contributed by atoms with E-state index in [1.54, 1.807) is 13.0 Å². The zero-order chi connectivity index (χ0) is 16.2. The molecule has 122 valence electrons. The van der Waals surface area contributed by atoms with Crippen LogP contribution in [-0.4, -0.2) is 25.5 Å². The van der Waals surface area contributed by atoms with Crippen LogP contribution >= 0.6 is 0 Å². The first kappa shape index (κ1) is 18.4. The van der Waals surface area contributed by atoms with Gasteiger partial charge in [-0.3, -0.25) is 0 Å². The van der Waals surface area contributed by atoms with Crippen molar-refractivity contribution < 1.29 is 19.0 Å². The lowest BCUT2D eigenvalue weighted by Crippen LogP contribution is -2.20. The molecule has 0 aliphatic carbocycles. The zero-order valence-electron chi connectivity index (χ0n) is 13.7. The Bertz CT molecular complexity index is 440. The van der Waals surface area contributed by atoms with Crippen molar-refractivity contribution in [2.24, 2.45) is 5.92 Å². The van der Waals surface area contributed by atoms with Gasteiger partial charge in [-0.25, -0.2) is 4.79 Å². The Balaban J connectivity index is 2.27. The predicted molar refractivity (Wildman–Crippen MR) is 86.2 cm³/mol. The molecule has 0 N–H and O–H groups in total. The van der Waals surface area contributed by atoms with Crippen LogP contribution in [0.1, 0.15) is 32.8 Å². The quantitative estimate of drug-likeness (QED) is 0.286. The maximum atomic E-state index is 11.2. The zero-order valence-corrected chi connectivity index (χ0v) is 13.7. The first-order valence-electron chi connectivity index (χ1n) is 7.70. The Morgan fingerprint density at radius 3 is 2.59 bits per heavy atom. The Labute approximate surface area is 133 Å². The van der Waals surface area contributed by atoms with Crippen LogP contribution in [0.5, 0.6) is 0 Å². The summed E-state index contributed by atoms with van der Waals surface area (Å²) >= 11 is 0. The molecule has 1 aromatic carbocycles.